The highest BCUT2D eigenvalue weighted by molar-refractivity contribution is 5.97. The van der Waals surface area contributed by atoms with Gasteiger partial charge in [0.25, 0.3) is 5.91 Å². The largest absolute Gasteiger partial charge is 0.511 e. The number of nitrogens with zero attached hydrogens (tertiary/aromatic N) is 2. The summed E-state index contributed by atoms with van der Waals surface area (Å²) in [6, 6.07) is 1.70. The topological polar surface area (TPSA) is 85.6 Å². The van der Waals surface area contributed by atoms with Crippen molar-refractivity contribution in [3.63, 3.8) is 0 Å². The Morgan fingerprint density at radius 1 is 1.35 bits per heavy atom. The van der Waals surface area contributed by atoms with E-state index in [1.54, 1.807) is 6.07 Å². The van der Waals surface area contributed by atoms with Gasteiger partial charge < -0.3 is 15.2 Å². The van der Waals surface area contributed by atoms with E-state index in [4.69, 9.17) is 15.1 Å². The van der Waals surface area contributed by atoms with E-state index in [0.717, 1.165) is 52.1 Å². The van der Waals surface area contributed by atoms with Gasteiger partial charge in [-0.05, 0) is 26.3 Å². The number of carbonyl (C=O) groups is 1. The molecular formula is C14H23N3O3. The molecule has 6 heteroatoms. The van der Waals surface area contributed by atoms with Crippen LogP contribution in [-0.2, 0) is 9.53 Å². The first-order valence-corrected chi connectivity index (χ1v) is 7.03. The molecule has 0 aromatic carbocycles. The molecular weight excluding hydrogens is 258 g/mol. The molecule has 0 unspecified atom stereocenters. The Morgan fingerprint density at radius 2 is 2.05 bits per heavy atom. The number of aliphatic hydroxyl groups is 1. The van der Waals surface area contributed by atoms with Crippen LogP contribution >= 0.6 is 0 Å². The predicted octanol–water partition coefficient (Wildman–Crippen LogP) is 0.961. The number of nitriles is 1. The molecule has 1 saturated heterocycles. The third kappa shape index (κ3) is 6.04. The number of hydrogen-bond acceptors (Lipinski definition) is 5. The number of unbranched alkanes of at least 4 members (excludes halogenated alkanes) is 2. The molecule has 1 aliphatic heterocycles. The van der Waals surface area contributed by atoms with Gasteiger partial charge in [-0.2, -0.15) is 5.26 Å². The van der Waals surface area contributed by atoms with Crippen LogP contribution in [0.2, 0.25) is 0 Å². The molecule has 0 atom stereocenters. The molecule has 0 bridgehead atoms. The number of carbonyl (C=O) groups excluding carboxylic acids is 1. The summed E-state index contributed by atoms with van der Waals surface area (Å²) in [6.07, 6.45) is 3.00. The highest BCUT2D eigenvalue weighted by Gasteiger charge is 2.11. The van der Waals surface area contributed by atoms with E-state index in [2.05, 4.69) is 10.2 Å². The van der Waals surface area contributed by atoms with Crippen LogP contribution in [0.25, 0.3) is 0 Å². The summed E-state index contributed by atoms with van der Waals surface area (Å²) in [5, 5.41) is 20.5. The Kier molecular flexibility index (Phi) is 7.70. The highest BCUT2D eigenvalue weighted by Crippen LogP contribution is 2.03. The van der Waals surface area contributed by atoms with Crippen molar-refractivity contribution in [3.05, 3.63) is 11.3 Å². The van der Waals surface area contributed by atoms with Gasteiger partial charge in [-0.25, -0.2) is 0 Å². The third-order valence-corrected chi connectivity index (χ3v) is 3.24. The van der Waals surface area contributed by atoms with E-state index in [1.807, 2.05) is 0 Å². The lowest BCUT2D eigenvalue weighted by Crippen LogP contribution is -2.36. The standard InChI is InChI=1S/C14H23N3O3/c1-12(18)13(11-15)14(19)16-5-3-2-4-6-17-7-9-20-10-8-17/h18H,2-10H2,1H3,(H,16,19)/b13-12-. The van der Waals surface area contributed by atoms with Gasteiger partial charge >= 0.3 is 0 Å². The minimum atomic E-state index is -0.499. The van der Waals surface area contributed by atoms with Gasteiger partial charge in [0, 0.05) is 19.6 Å². The van der Waals surface area contributed by atoms with Crippen LogP contribution in [0, 0.1) is 11.3 Å². The fourth-order valence-corrected chi connectivity index (χ4v) is 2.05. The minimum Gasteiger partial charge on any atom is -0.511 e. The zero-order chi connectivity index (χ0) is 14.8. The molecule has 0 aromatic rings. The number of morpholine rings is 1. The van der Waals surface area contributed by atoms with Crippen molar-refractivity contribution in [2.45, 2.75) is 26.2 Å². The van der Waals surface area contributed by atoms with Crippen molar-refractivity contribution < 1.29 is 14.6 Å². The van der Waals surface area contributed by atoms with Crippen molar-refractivity contribution in [3.8, 4) is 6.07 Å². The highest BCUT2D eigenvalue weighted by atomic mass is 16.5. The second kappa shape index (κ2) is 9.34. The molecule has 1 aliphatic rings. The van der Waals surface area contributed by atoms with E-state index in [1.165, 1.54) is 6.92 Å². The summed E-state index contributed by atoms with van der Waals surface area (Å²) in [4.78, 5) is 13.9. The molecule has 1 fully saturated rings. The Hall–Kier alpha value is -1.58. The van der Waals surface area contributed by atoms with Crippen LogP contribution in [0.3, 0.4) is 0 Å². The van der Waals surface area contributed by atoms with Crippen molar-refractivity contribution >= 4 is 5.91 Å². The van der Waals surface area contributed by atoms with E-state index < -0.39 is 5.91 Å². The third-order valence-electron chi connectivity index (χ3n) is 3.24. The molecule has 20 heavy (non-hydrogen) atoms. The van der Waals surface area contributed by atoms with Gasteiger partial charge in [0.05, 0.1) is 13.2 Å². The monoisotopic (exact) mass is 281 g/mol. The average molecular weight is 281 g/mol. The van der Waals surface area contributed by atoms with Crippen LogP contribution in [0.1, 0.15) is 26.2 Å². The van der Waals surface area contributed by atoms with Crippen LogP contribution < -0.4 is 5.32 Å². The second-order valence-corrected chi connectivity index (χ2v) is 4.84. The Labute approximate surface area is 120 Å². The Bertz CT molecular complexity index is 378. The Balaban J connectivity index is 2.06. The summed E-state index contributed by atoms with van der Waals surface area (Å²) < 4.78 is 5.28. The first kappa shape index (κ1) is 16.5. The quantitative estimate of drug-likeness (QED) is 0.314. The Morgan fingerprint density at radius 3 is 2.65 bits per heavy atom. The molecule has 0 spiro atoms. The second-order valence-electron chi connectivity index (χ2n) is 4.84. The molecule has 112 valence electrons. The van der Waals surface area contributed by atoms with E-state index in [0.29, 0.717) is 6.54 Å². The van der Waals surface area contributed by atoms with Crippen molar-refractivity contribution in [1.82, 2.24) is 10.2 Å². The SMILES string of the molecule is C/C(O)=C(\C#N)C(=O)NCCCCCN1CCOCC1. The van der Waals surface area contributed by atoms with Crippen molar-refractivity contribution in [2.75, 3.05) is 39.4 Å². The zero-order valence-electron chi connectivity index (χ0n) is 12.0. The summed E-state index contributed by atoms with van der Waals surface area (Å²) in [7, 11) is 0. The molecule has 0 saturated carbocycles. The van der Waals surface area contributed by atoms with Crippen LogP contribution in [-0.4, -0.2) is 55.3 Å². The molecule has 0 aliphatic carbocycles. The number of rotatable bonds is 7. The van der Waals surface area contributed by atoms with Crippen LogP contribution in [0.4, 0.5) is 0 Å². The molecule has 0 radical (unpaired) electrons. The van der Waals surface area contributed by atoms with Gasteiger partial charge in [-0.1, -0.05) is 6.42 Å². The molecule has 6 nitrogen and oxygen atoms in total. The number of ether oxygens (including phenoxy) is 1. The van der Waals surface area contributed by atoms with Crippen LogP contribution in [0.15, 0.2) is 11.3 Å². The van der Waals surface area contributed by atoms with E-state index in [-0.39, 0.29) is 11.3 Å². The van der Waals surface area contributed by atoms with Crippen LogP contribution in [0.5, 0.6) is 0 Å². The number of aliphatic hydroxyl groups excluding tert-OH is 1. The van der Waals surface area contributed by atoms with E-state index in [9.17, 15) is 4.79 Å². The first-order valence-electron chi connectivity index (χ1n) is 7.03. The maximum absolute atomic E-state index is 11.5. The smallest absolute Gasteiger partial charge is 0.265 e. The number of allylic oxidation sites excluding steroid dienone is 1. The van der Waals surface area contributed by atoms with E-state index >= 15 is 0 Å². The average Bonchev–Trinajstić information content (AvgIpc) is 2.44. The maximum atomic E-state index is 11.5. The van der Waals surface area contributed by atoms with Gasteiger partial charge in [0.1, 0.15) is 11.8 Å². The number of amides is 1. The lowest BCUT2D eigenvalue weighted by Gasteiger charge is -2.26. The fourth-order valence-electron chi connectivity index (χ4n) is 2.05. The summed E-state index contributed by atoms with van der Waals surface area (Å²) in [5.41, 5.74) is -0.210. The first-order chi connectivity index (χ1) is 9.65. The minimum absolute atomic E-state index is 0.210. The van der Waals surface area contributed by atoms with Gasteiger partial charge in [0.15, 0.2) is 5.57 Å². The zero-order valence-corrected chi connectivity index (χ0v) is 12.0. The lowest BCUT2D eigenvalue weighted by molar-refractivity contribution is -0.117. The molecule has 0 aromatic heterocycles. The maximum Gasteiger partial charge on any atom is 0.265 e. The summed E-state index contributed by atoms with van der Waals surface area (Å²) >= 11 is 0. The normalized spacial score (nSPS) is 17.2. The predicted molar refractivity (Wildman–Crippen MR) is 75.1 cm³/mol. The van der Waals surface area contributed by atoms with Crippen molar-refractivity contribution in [2.24, 2.45) is 0 Å². The summed E-state index contributed by atoms with van der Waals surface area (Å²) in [6.45, 7) is 6.57. The molecule has 1 rings (SSSR count). The molecule has 1 heterocycles. The fraction of sp³-hybridized carbons (Fsp3) is 0.714. The van der Waals surface area contributed by atoms with Gasteiger partial charge in [-0.15, -0.1) is 0 Å². The number of hydrogen-bond donors (Lipinski definition) is 2. The lowest BCUT2D eigenvalue weighted by atomic mass is 10.2. The van der Waals surface area contributed by atoms with Gasteiger partial charge in [0.2, 0.25) is 0 Å². The molecule has 2 N–H and O–H groups in total. The summed E-state index contributed by atoms with van der Waals surface area (Å²) in [5.74, 6) is -0.738. The number of nitrogens with one attached hydrogen (secondary N) is 1. The van der Waals surface area contributed by atoms with Gasteiger partial charge in [-0.3, -0.25) is 9.69 Å². The van der Waals surface area contributed by atoms with Crippen molar-refractivity contribution in [1.29, 1.82) is 5.26 Å². The molecule has 1 amide bonds.